The summed E-state index contributed by atoms with van der Waals surface area (Å²) in [5, 5.41) is 9.90. The van der Waals surface area contributed by atoms with Crippen LogP contribution in [0.3, 0.4) is 0 Å². The van der Waals surface area contributed by atoms with E-state index in [9.17, 15) is 9.90 Å². The predicted molar refractivity (Wildman–Crippen MR) is 87.5 cm³/mol. The number of aliphatic hydroxyl groups is 1. The lowest BCUT2D eigenvalue weighted by molar-refractivity contribution is -0.128. The van der Waals surface area contributed by atoms with Gasteiger partial charge in [-0.15, -0.1) is 0 Å². The van der Waals surface area contributed by atoms with Crippen LogP contribution < -0.4 is 4.90 Å². The van der Waals surface area contributed by atoms with Gasteiger partial charge in [-0.1, -0.05) is 25.1 Å². The van der Waals surface area contributed by atoms with E-state index in [1.807, 2.05) is 25.1 Å². The monoisotopic (exact) mass is 292 g/mol. The van der Waals surface area contributed by atoms with Gasteiger partial charge in [0.2, 0.25) is 5.91 Å². The number of amides is 1. The van der Waals surface area contributed by atoms with Crippen molar-refractivity contribution in [2.75, 3.05) is 32.1 Å². The quantitative estimate of drug-likeness (QED) is 0.711. The molecule has 0 heterocycles. The molecule has 1 rings (SSSR count). The van der Waals surface area contributed by atoms with Crippen molar-refractivity contribution >= 4 is 11.6 Å². The summed E-state index contributed by atoms with van der Waals surface area (Å²) >= 11 is 0. The van der Waals surface area contributed by atoms with E-state index in [-0.39, 0.29) is 12.0 Å². The van der Waals surface area contributed by atoms with Gasteiger partial charge in [-0.2, -0.15) is 0 Å². The third-order valence-electron chi connectivity index (χ3n) is 3.59. The normalized spacial score (nSPS) is 12.0. The number of rotatable bonds is 9. The molecule has 0 saturated carbocycles. The molecular formula is C17H28N2O2. The van der Waals surface area contributed by atoms with E-state index in [2.05, 4.69) is 17.0 Å². The van der Waals surface area contributed by atoms with Gasteiger partial charge in [-0.3, -0.25) is 4.79 Å². The van der Waals surface area contributed by atoms with Crippen LogP contribution in [-0.2, 0) is 4.79 Å². The highest BCUT2D eigenvalue weighted by atomic mass is 16.3. The van der Waals surface area contributed by atoms with Crippen LogP contribution in [0, 0.1) is 0 Å². The predicted octanol–water partition coefficient (Wildman–Crippen LogP) is 2.52. The average Bonchev–Trinajstić information content (AvgIpc) is 2.50. The van der Waals surface area contributed by atoms with E-state index >= 15 is 0 Å². The standard InChI is InChI=1S/C17H28N2O2/c1-4-16(20)14-19(15-10-6-5-7-11-15)13-9-8-12-17(21)18(2)3/h5-7,10-11,16,20H,4,8-9,12-14H2,1-3H3. The van der Waals surface area contributed by atoms with Crippen LogP contribution >= 0.6 is 0 Å². The number of unbranched alkanes of at least 4 members (excludes halogenated alkanes) is 1. The third-order valence-corrected chi connectivity index (χ3v) is 3.59. The van der Waals surface area contributed by atoms with Crippen molar-refractivity contribution in [3.63, 3.8) is 0 Å². The Morgan fingerprint density at radius 2 is 1.86 bits per heavy atom. The fourth-order valence-corrected chi connectivity index (χ4v) is 2.15. The molecule has 1 unspecified atom stereocenters. The lowest BCUT2D eigenvalue weighted by Crippen LogP contribution is -2.33. The number of benzene rings is 1. The first kappa shape index (κ1) is 17.5. The van der Waals surface area contributed by atoms with Gasteiger partial charge in [0.1, 0.15) is 0 Å². The summed E-state index contributed by atoms with van der Waals surface area (Å²) in [6, 6.07) is 10.1. The Hall–Kier alpha value is -1.55. The number of hydrogen-bond acceptors (Lipinski definition) is 3. The smallest absolute Gasteiger partial charge is 0.222 e. The van der Waals surface area contributed by atoms with Crippen LogP contribution in [0.1, 0.15) is 32.6 Å². The molecule has 4 nitrogen and oxygen atoms in total. The Bertz CT molecular complexity index is 407. The minimum absolute atomic E-state index is 0.176. The number of carbonyl (C=O) groups is 1. The van der Waals surface area contributed by atoms with Crippen molar-refractivity contribution < 1.29 is 9.90 Å². The van der Waals surface area contributed by atoms with Gasteiger partial charge in [0.05, 0.1) is 6.10 Å². The minimum Gasteiger partial charge on any atom is -0.391 e. The molecule has 1 amide bonds. The van der Waals surface area contributed by atoms with Crippen molar-refractivity contribution in [3.8, 4) is 0 Å². The zero-order valence-electron chi connectivity index (χ0n) is 13.5. The molecule has 0 bridgehead atoms. The number of anilines is 1. The third kappa shape index (κ3) is 6.63. The second-order valence-corrected chi connectivity index (χ2v) is 5.59. The Morgan fingerprint density at radius 1 is 1.19 bits per heavy atom. The van der Waals surface area contributed by atoms with Crippen LogP contribution in [0.15, 0.2) is 30.3 Å². The van der Waals surface area contributed by atoms with Crippen molar-refractivity contribution in [1.82, 2.24) is 4.90 Å². The van der Waals surface area contributed by atoms with E-state index in [4.69, 9.17) is 0 Å². The summed E-state index contributed by atoms with van der Waals surface area (Å²) in [7, 11) is 3.58. The lowest BCUT2D eigenvalue weighted by atomic mass is 10.1. The van der Waals surface area contributed by atoms with Crippen molar-refractivity contribution in [2.24, 2.45) is 0 Å². The molecule has 0 spiro atoms. The Kier molecular flexibility index (Phi) is 7.83. The summed E-state index contributed by atoms with van der Waals surface area (Å²) < 4.78 is 0. The number of para-hydroxylation sites is 1. The SMILES string of the molecule is CCC(O)CN(CCCCC(=O)N(C)C)c1ccccc1. The molecule has 1 atom stereocenters. The summed E-state index contributed by atoms with van der Waals surface area (Å²) in [5.74, 6) is 0.176. The summed E-state index contributed by atoms with van der Waals surface area (Å²) in [5.41, 5.74) is 1.13. The lowest BCUT2D eigenvalue weighted by Gasteiger charge is -2.27. The fourth-order valence-electron chi connectivity index (χ4n) is 2.15. The van der Waals surface area contributed by atoms with Crippen LogP contribution in [0.25, 0.3) is 0 Å². The molecule has 0 aliphatic heterocycles. The summed E-state index contributed by atoms with van der Waals surface area (Å²) in [4.78, 5) is 15.4. The second kappa shape index (κ2) is 9.40. The molecule has 4 heteroatoms. The zero-order valence-corrected chi connectivity index (χ0v) is 13.5. The molecule has 0 aliphatic rings. The number of hydrogen-bond donors (Lipinski definition) is 1. The highest BCUT2D eigenvalue weighted by molar-refractivity contribution is 5.75. The van der Waals surface area contributed by atoms with Gasteiger partial charge >= 0.3 is 0 Å². The van der Waals surface area contributed by atoms with Gasteiger partial charge in [-0.25, -0.2) is 0 Å². The molecule has 0 aromatic heterocycles. The van der Waals surface area contributed by atoms with E-state index in [1.54, 1.807) is 19.0 Å². The first-order chi connectivity index (χ1) is 10.0. The fraction of sp³-hybridized carbons (Fsp3) is 0.588. The molecule has 118 valence electrons. The maximum Gasteiger partial charge on any atom is 0.222 e. The largest absolute Gasteiger partial charge is 0.391 e. The number of aliphatic hydroxyl groups excluding tert-OH is 1. The molecule has 0 saturated heterocycles. The molecule has 0 radical (unpaired) electrons. The first-order valence-electron chi connectivity index (χ1n) is 7.72. The maximum absolute atomic E-state index is 11.6. The van der Waals surface area contributed by atoms with E-state index in [0.29, 0.717) is 13.0 Å². The molecule has 0 fully saturated rings. The zero-order chi connectivity index (χ0) is 15.7. The maximum atomic E-state index is 11.6. The van der Waals surface area contributed by atoms with Gasteiger partial charge in [0, 0.05) is 39.3 Å². The van der Waals surface area contributed by atoms with Crippen LogP contribution in [0.2, 0.25) is 0 Å². The van der Waals surface area contributed by atoms with Gasteiger partial charge in [0.25, 0.3) is 0 Å². The molecule has 21 heavy (non-hydrogen) atoms. The van der Waals surface area contributed by atoms with Crippen molar-refractivity contribution in [1.29, 1.82) is 0 Å². The van der Waals surface area contributed by atoms with Gasteiger partial charge in [-0.05, 0) is 31.4 Å². The highest BCUT2D eigenvalue weighted by Crippen LogP contribution is 2.15. The topological polar surface area (TPSA) is 43.8 Å². The molecular weight excluding hydrogens is 264 g/mol. The second-order valence-electron chi connectivity index (χ2n) is 5.59. The molecule has 1 aromatic rings. The Balaban J connectivity index is 2.48. The van der Waals surface area contributed by atoms with Crippen molar-refractivity contribution in [2.45, 2.75) is 38.7 Å². The molecule has 1 N–H and O–H groups in total. The highest BCUT2D eigenvalue weighted by Gasteiger charge is 2.11. The summed E-state index contributed by atoms with van der Waals surface area (Å²) in [6.45, 7) is 3.49. The van der Waals surface area contributed by atoms with Crippen molar-refractivity contribution in [3.05, 3.63) is 30.3 Å². The van der Waals surface area contributed by atoms with Crippen LogP contribution in [-0.4, -0.2) is 49.2 Å². The van der Waals surface area contributed by atoms with Crippen LogP contribution in [0.4, 0.5) is 5.69 Å². The number of nitrogens with zero attached hydrogens (tertiary/aromatic N) is 2. The average molecular weight is 292 g/mol. The Labute approximate surface area is 128 Å². The minimum atomic E-state index is -0.311. The number of carbonyl (C=O) groups excluding carboxylic acids is 1. The van der Waals surface area contributed by atoms with Crippen LogP contribution in [0.5, 0.6) is 0 Å². The first-order valence-corrected chi connectivity index (χ1v) is 7.72. The van der Waals surface area contributed by atoms with Gasteiger partial charge < -0.3 is 14.9 Å². The molecule has 0 aliphatic carbocycles. The van der Waals surface area contributed by atoms with E-state index in [1.165, 1.54) is 0 Å². The Morgan fingerprint density at radius 3 is 2.43 bits per heavy atom. The van der Waals surface area contributed by atoms with E-state index < -0.39 is 0 Å². The summed E-state index contributed by atoms with van der Waals surface area (Å²) in [6.07, 6.45) is 2.86. The molecule has 1 aromatic carbocycles. The van der Waals surface area contributed by atoms with E-state index in [0.717, 1.165) is 31.5 Å². The van der Waals surface area contributed by atoms with Gasteiger partial charge in [0.15, 0.2) is 0 Å².